The molecule has 1 aliphatic carbocycles. The molecule has 0 radical (unpaired) electrons. The second-order valence-electron chi connectivity index (χ2n) is 3.86. The van der Waals surface area contributed by atoms with Crippen LogP contribution in [0.3, 0.4) is 0 Å². The van der Waals surface area contributed by atoms with Crippen molar-refractivity contribution in [2.24, 2.45) is 0 Å². The normalized spacial score (nSPS) is 16.0. The van der Waals surface area contributed by atoms with Gasteiger partial charge in [0.05, 0.1) is 0 Å². The molecular weight excluding hydrogens is 158 g/mol. The van der Waals surface area contributed by atoms with Gasteiger partial charge in [-0.25, -0.2) is 0 Å². The lowest BCUT2D eigenvalue weighted by molar-refractivity contribution is 0.751. The van der Waals surface area contributed by atoms with Gasteiger partial charge in [0.25, 0.3) is 0 Å². The van der Waals surface area contributed by atoms with Crippen molar-refractivity contribution in [1.29, 1.82) is 0 Å². The molecule has 0 unspecified atom stereocenters. The third-order valence-corrected chi connectivity index (χ3v) is 3.02. The van der Waals surface area contributed by atoms with Crippen LogP contribution in [-0.4, -0.2) is 4.98 Å². The van der Waals surface area contributed by atoms with Gasteiger partial charge in [-0.3, -0.25) is 0 Å². The van der Waals surface area contributed by atoms with Crippen molar-refractivity contribution in [1.82, 2.24) is 4.98 Å². The molecule has 3 rings (SSSR count). The van der Waals surface area contributed by atoms with Gasteiger partial charge in [-0.15, -0.1) is 0 Å². The average Bonchev–Trinajstić information content (AvgIpc) is 2.44. The van der Waals surface area contributed by atoms with Gasteiger partial charge in [-0.1, -0.05) is 12.1 Å². The highest BCUT2D eigenvalue weighted by Crippen LogP contribution is 2.28. The Morgan fingerprint density at radius 1 is 1.00 bits per heavy atom. The monoisotopic (exact) mass is 171 g/mol. The molecule has 1 heteroatoms. The fourth-order valence-electron chi connectivity index (χ4n) is 2.37. The van der Waals surface area contributed by atoms with Crippen LogP contribution in [0.4, 0.5) is 0 Å². The Labute approximate surface area is 77.8 Å². The van der Waals surface area contributed by atoms with E-state index in [4.69, 9.17) is 0 Å². The summed E-state index contributed by atoms with van der Waals surface area (Å²) in [6, 6.07) is 6.60. The van der Waals surface area contributed by atoms with E-state index in [1.165, 1.54) is 47.7 Å². The molecule has 0 bridgehead atoms. The number of aryl methyl sites for hydroxylation is 2. The number of aromatic amines is 1. The number of benzene rings is 1. The Bertz CT molecular complexity index is 439. The summed E-state index contributed by atoms with van der Waals surface area (Å²) in [6.45, 7) is 0. The average molecular weight is 171 g/mol. The molecule has 0 aliphatic heterocycles. The molecule has 0 atom stereocenters. The minimum atomic E-state index is 1.25. The van der Waals surface area contributed by atoms with Crippen molar-refractivity contribution in [3.8, 4) is 0 Å². The summed E-state index contributed by atoms with van der Waals surface area (Å²) in [5.74, 6) is 0. The lowest BCUT2D eigenvalue weighted by atomic mass is 10.1. The third kappa shape index (κ3) is 0.998. The minimum Gasteiger partial charge on any atom is -0.361 e. The number of aromatic nitrogens is 1. The SMILES string of the molecule is c1cc2c3c(c[nH]c3c1)CCCC2. The second-order valence-corrected chi connectivity index (χ2v) is 3.86. The van der Waals surface area contributed by atoms with E-state index < -0.39 is 0 Å². The lowest BCUT2D eigenvalue weighted by Gasteiger charge is -1.99. The van der Waals surface area contributed by atoms with Crippen LogP contribution in [0.25, 0.3) is 10.9 Å². The van der Waals surface area contributed by atoms with Crippen LogP contribution in [0.1, 0.15) is 24.0 Å². The summed E-state index contributed by atoms with van der Waals surface area (Å²) in [6.07, 6.45) is 7.36. The fraction of sp³-hybridized carbons (Fsp3) is 0.333. The molecular formula is C12H13N. The fourth-order valence-corrected chi connectivity index (χ4v) is 2.37. The zero-order valence-corrected chi connectivity index (χ0v) is 7.64. The number of rotatable bonds is 0. The number of nitrogens with one attached hydrogen (secondary N) is 1. The first-order chi connectivity index (χ1) is 6.45. The lowest BCUT2D eigenvalue weighted by Crippen LogP contribution is -1.82. The maximum atomic E-state index is 3.35. The summed E-state index contributed by atoms with van der Waals surface area (Å²) in [5.41, 5.74) is 4.36. The van der Waals surface area contributed by atoms with E-state index in [1.54, 1.807) is 0 Å². The summed E-state index contributed by atoms with van der Waals surface area (Å²) in [7, 11) is 0. The summed E-state index contributed by atoms with van der Waals surface area (Å²) >= 11 is 0. The predicted molar refractivity (Wildman–Crippen MR) is 54.9 cm³/mol. The molecule has 2 aromatic rings. The molecule has 0 saturated carbocycles. The van der Waals surface area contributed by atoms with Crippen LogP contribution in [0.2, 0.25) is 0 Å². The Morgan fingerprint density at radius 3 is 2.77 bits per heavy atom. The molecule has 1 nitrogen and oxygen atoms in total. The van der Waals surface area contributed by atoms with Gasteiger partial charge < -0.3 is 4.98 Å². The molecule has 0 spiro atoms. The second kappa shape index (κ2) is 2.63. The highest BCUT2D eigenvalue weighted by Gasteiger charge is 2.11. The van der Waals surface area contributed by atoms with Crippen molar-refractivity contribution in [2.45, 2.75) is 25.7 Å². The summed E-state index contributed by atoms with van der Waals surface area (Å²) < 4.78 is 0. The van der Waals surface area contributed by atoms with Crippen molar-refractivity contribution in [2.75, 3.05) is 0 Å². The van der Waals surface area contributed by atoms with E-state index in [9.17, 15) is 0 Å². The summed E-state index contributed by atoms with van der Waals surface area (Å²) in [4.78, 5) is 3.35. The Morgan fingerprint density at radius 2 is 1.85 bits per heavy atom. The van der Waals surface area contributed by atoms with E-state index in [-0.39, 0.29) is 0 Å². The molecule has 1 N–H and O–H groups in total. The van der Waals surface area contributed by atoms with Gasteiger partial charge in [-0.2, -0.15) is 0 Å². The Hall–Kier alpha value is -1.24. The van der Waals surface area contributed by atoms with Gasteiger partial charge >= 0.3 is 0 Å². The molecule has 66 valence electrons. The first-order valence-electron chi connectivity index (χ1n) is 5.03. The third-order valence-electron chi connectivity index (χ3n) is 3.02. The van der Waals surface area contributed by atoms with Gasteiger partial charge in [0, 0.05) is 17.1 Å². The van der Waals surface area contributed by atoms with Crippen LogP contribution in [0.5, 0.6) is 0 Å². The smallest absolute Gasteiger partial charge is 0.0459 e. The van der Waals surface area contributed by atoms with E-state index >= 15 is 0 Å². The van der Waals surface area contributed by atoms with E-state index in [0.717, 1.165) is 0 Å². The summed E-state index contributed by atoms with van der Waals surface area (Å²) in [5, 5.41) is 1.50. The molecule has 1 aromatic heterocycles. The zero-order chi connectivity index (χ0) is 8.67. The standard InChI is InChI=1S/C12H13N/c1-2-5-10-8-13-11-7-3-6-9(4-1)12(10)11/h3,6-8,13H,1-2,4-5H2. The highest BCUT2D eigenvalue weighted by atomic mass is 14.7. The van der Waals surface area contributed by atoms with Gasteiger partial charge in [0.15, 0.2) is 0 Å². The molecule has 0 fully saturated rings. The van der Waals surface area contributed by atoms with E-state index in [0.29, 0.717) is 0 Å². The topological polar surface area (TPSA) is 15.8 Å². The largest absolute Gasteiger partial charge is 0.361 e. The zero-order valence-electron chi connectivity index (χ0n) is 7.64. The van der Waals surface area contributed by atoms with Gasteiger partial charge in [0.1, 0.15) is 0 Å². The Kier molecular flexibility index (Phi) is 1.45. The predicted octanol–water partition coefficient (Wildman–Crippen LogP) is 3.05. The maximum Gasteiger partial charge on any atom is 0.0459 e. The Balaban J connectivity index is 2.40. The number of hydrogen-bond donors (Lipinski definition) is 1. The van der Waals surface area contributed by atoms with Crippen molar-refractivity contribution < 1.29 is 0 Å². The molecule has 1 aliphatic rings. The van der Waals surface area contributed by atoms with Crippen LogP contribution in [0.15, 0.2) is 24.4 Å². The van der Waals surface area contributed by atoms with Crippen molar-refractivity contribution in [3.63, 3.8) is 0 Å². The van der Waals surface area contributed by atoms with Crippen LogP contribution >= 0.6 is 0 Å². The van der Waals surface area contributed by atoms with E-state index in [1.807, 2.05) is 0 Å². The van der Waals surface area contributed by atoms with Crippen molar-refractivity contribution in [3.05, 3.63) is 35.5 Å². The first kappa shape index (κ1) is 7.19. The van der Waals surface area contributed by atoms with Crippen molar-refractivity contribution >= 4 is 10.9 Å². The van der Waals surface area contributed by atoms with Crippen LogP contribution in [-0.2, 0) is 12.8 Å². The number of H-pyrrole nitrogens is 1. The van der Waals surface area contributed by atoms with Crippen LogP contribution < -0.4 is 0 Å². The number of hydrogen-bond acceptors (Lipinski definition) is 0. The molecule has 1 aromatic carbocycles. The van der Waals surface area contributed by atoms with Gasteiger partial charge in [-0.05, 0) is 42.9 Å². The molecule has 0 amide bonds. The highest BCUT2D eigenvalue weighted by molar-refractivity contribution is 5.86. The van der Waals surface area contributed by atoms with Gasteiger partial charge in [0.2, 0.25) is 0 Å². The van der Waals surface area contributed by atoms with Crippen LogP contribution in [0, 0.1) is 0 Å². The first-order valence-corrected chi connectivity index (χ1v) is 5.03. The van der Waals surface area contributed by atoms with E-state index in [2.05, 4.69) is 29.4 Å². The maximum absolute atomic E-state index is 3.35. The molecule has 0 saturated heterocycles. The quantitative estimate of drug-likeness (QED) is 0.627. The minimum absolute atomic E-state index is 1.25. The molecule has 13 heavy (non-hydrogen) atoms. The molecule has 1 heterocycles.